The number of halogens is 2. The second-order valence-electron chi connectivity index (χ2n) is 5.00. The fourth-order valence-electron chi connectivity index (χ4n) is 2.28. The molecular formula is C17H14F2N2O2S2. The van der Waals surface area contributed by atoms with Gasteiger partial charge in [-0.25, -0.2) is 4.98 Å². The lowest BCUT2D eigenvalue weighted by molar-refractivity contribution is -0.121. The van der Waals surface area contributed by atoms with Gasteiger partial charge in [0, 0.05) is 12.0 Å². The maximum absolute atomic E-state index is 12.5. The van der Waals surface area contributed by atoms with Crippen molar-refractivity contribution in [1.82, 2.24) is 4.98 Å². The number of aromatic nitrogens is 1. The van der Waals surface area contributed by atoms with Crippen LogP contribution in [0.25, 0.3) is 10.2 Å². The van der Waals surface area contributed by atoms with Crippen molar-refractivity contribution < 1.29 is 18.3 Å². The third-order valence-corrected chi connectivity index (χ3v) is 5.06. The highest BCUT2D eigenvalue weighted by molar-refractivity contribution is 7.99. The first-order chi connectivity index (χ1) is 12.1. The first-order valence-electron chi connectivity index (χ1n) is 7.31. The summed E-state index contributed by atoms with van der Waals surface area (Å²) < 4.78 is 30.8. The molecule has 0 spiro atoms. The Labute approximate surface area is 151 Å². The van der Waals surface area contributed by atoms with Crippen LogP contribution in [0.15, 0.2) is 53.4 Å². The van der Waals surface area contributed by atoms with Gasteiger partial charge in [-0.15, -0.1) is 0 Å². The molecule has 8 heteroatoms. The van der Waals surface area contributed by atoms with E-state index in [0.29, 0.717) is 27.5 Å². The Hall–Kier alpha value is -2.03. The predicted octanol–water partition coefficient (Wildman–Crippen LogP) is 4.92. The standard InChI is InChI=1S/C17H14F2N2O2S2/c1-23-10-15(22)21(11-6-8-12(9-7-11)24-16(18)19)17-20-13-4-2-3-5-14(13)25-17/h2-9,16H,10H2,1H3. The molecule has 3 aromatic rings. The largest absolute Gasteiger partial charge is 0.375 e. The van der Waals surface area contributed by atoms with Crippen LogP contribution in [-0.2, 0) is 9.53 Å². The van der Waals surface area contributed by atoms with Gasteiger partial charge in [0.05, 0.1) is 15.9 Å². The summed E-state index contributed by atoms with van der Waals surface area (Å²) in [6.07, 6.45) is 0. The third-order valence-electron chi connectivity index (χ3n) is 3.31. The molecule has 0 aliphatic heterocycles. The Morgan fingerprint density at radius 3 is 2.60 bits per heavy atom. The van der Waals surface area contributed by atoms with E-state index in [2.05, 4.69) is 4.98 Å². The molecule has 0 unspecified atom stereocenters. The van der Waals surface area contributed by atoms with Crippen molar-refractivity contribution in [1.29, 1.82) is 0 Å². The summed E-state index contributed by atoms with van der Waals surface area (Å²) in [5.41, 5.74) is 1.35. The number of benzene rings is 2. The molecule has 3 rings (SSSR count). The number of nitrogens with zero attached hydrogens (tertiary/aromatic N) is 2. The number of fused-ring (bicyclic) bond motifs is 1. The van der Waals surface area contributed by atoms with Crippen molar-refractivity contribution in [2.75, 3.05) is 18.6 Å². The summed E-state index contributed by atoms with van der Waals surface area (Å²) >= 11 is 1.85. The molecule has 0 fully saturated rings. The number of thioether (sulfide) groups is 1. The number of hydrogen-bond acceptors (Lipinski definition) is 5. The van der Waals surface area contributed by atoms with Gasteiger partial charge in [0.2, 0.25) is 0 Å². The maximum Gasteiger partial charge on any atom is 0.288 e. The van der Waals surface area contributed by atoms with Crippen molar-refractivity contribution in [3.05, 3.63) is 48.5 Å². The normalized spacial score (nSPS) is 11.2. The van der Waals surface area contributed by atoms with E-state index in [9.17, 15) is 13.6 Å². The molecule has 0 radical (unpaired) electrons. The average molecular weight is 380 g/mol. The van der Waals surface area contributed by atoms with E-state index in [1.54, 1.807) is 24.3 Å². The third kappa shape index (κ3) is 4.15. The maximum atomic E-state index is 12.5. The summed E-state index contributed by atoms with van der Waals surface area (Å²) in [4.78, 5) is 18.9. The highest BCUT2D eigenvalue weighted by Gasteiger charge is 2.21. The fourth-order valence-corrected chi connectivity index (χ4v) is 3.78. The number of ether oxygens (including phenoxy) is 1. The topological polar surface area (TPSA) is 42.4 Å². The number of carbonyl (C=O) groups excluding carboxylic acids is 1. The van der Waals surface area contributed by atoms with Crippen LogP contribution in [0.2, 0.25) is 0 Å². The Balaban J connectivity index is 1.98. The SMILES string of the molecule is COCC(=O)N(c1ccc(SC(F)F)cc1)c1nc2ccccc2s1. The van der Waals surface area contributed by atoms with Crippen molar-refractivity contribution in [2.45, 2.75) is 10.7 Å². The van der Waals surface area contributed by atoms with Crippen molar-refractivity contribution >= 4 is 50.0 Å². The number of methoxy groups -OCH3 is 1. The zero-order chi connectivity index (χ0) is 17.8. The molecule has 0 atom stereocenters. The van der Waals surface area contributed by atoms with Crippen LogP contribution in [0.4, 0.5) is 19.6 Å². The zero-order valence-corrected chi connectivity index (χ0v) is 14.8. The summed E-state index contributed by atoms with van der Waals surface area (Å²) in [5, 5.41) is 0.512. The minimum absolute atomic E-state index is 0.108. The Morgan fingerprint density at radius 1 is 1.24 bits per heavy atom. The van der Waals surface area contributed by atoms with E-state index in [-0.39, 0.29) is 12.5 Å². The van der Waals surface area contributed by atoms with Crippen molar-refractivity contribution in [3.63, 3.8) is 0 Å². The minimum atomic E-state index is -2.48. The first kappa shape index (κ1) is 17.8. The van der Waals surface area contributed by atoms with Gasteiger partial charge >= 0.3 is 0 Å². The molecule has 1 amide bonds. The molecule has 130 valence electrons. The van der Waals surface area contributed by atoms with Gasteiger partial charge in [-0.1, -0.05) is 35.2 Å². The molecule has 1 aromatic heterocycles. The Kier molecular flexibility index (Phi) is 5.62. The number of carbonyl (C=O) groups is 1. The van der Waals surface area contributed by atoms with Gasteiger partial charge in [0.25, 0.3) is 11.7 Å². The van der Waals surface area contributed by atoms with Gasteiger partial charge < -0.3 is 4.74 Å². The highest BCUT2D eigenvalue weighted by Crippen LogP contribution is 2.35. The Morgan fingerprint density at radius 2 is 1.96 bits per heavy atom. The lowest BCUT2D eigenvalue weighted by atomic mass is 10.3. The van der Waals surface area contributed by atoms with Gasteiger partial charge in [-0.2, -0.15) is 8.78 Å². The van der Waals surface area contributed by atoms with Crippen molar-refractivity contribution in [2.24, 2.45) is 0 Å². The molecule has 0 saturated carbocycles. The van der Waals surface area contributed by atoms with Gasteiger partial charge in [-0.05, 0) is 36.4 Å². The highest BCUT2D eigenvalue weighted by atomic mass is 32.2. The molecule has 0 saturated heterocycles. The van der Waals surface area contributed by atoms with Crippen LogP contribution in [-0.4, -0.2) is 30.4 Å². The second kappa shape index (κ2) is 7.90. The van der Waals surface area contributed by atoms with Crippen LogP contribution in [0.1, 0.15) is 0 Å². The lowest BCUT2D eigenvalue weighted by Crippen LogP contribution is -2.29. The molecule has 0 aliphatic carbocycles. The van der Waals surface area contributed by atoms with E-state index in [4.69, 9.17) is 4.74 Å². The first-order valence-corrected chi connectivity index (χ1v) is 9.00. The van der Waals surface area contributed by atoms with Crippen LogP contribution in [0.5, 0.6) is 0 Å². The smallest absolute Gasteiger partial charge is 0.288 e. The number of rotatable bonds is 6. The molecule has 1 heterocycles. The summed E-state index contributed by atoms with van der Waals surface area (Å²) in [6.45, 7) is -0.108. The summed E-state index contributed by atoms with van der Waals surface area (Å²) in [6, 6.07) is 14.0. The molecule has 4 nitrogen and oxygen atoms in total. The molecular weight excluding hydrogens is 366 g/mol. The summed E-state index contributed by atoms with van der Waals surface area (Å²) in [7, 11) is 1.44. The second-order valence-corrected chi connectivity index (χ2v) is 7.07. The molecule has 0 bridgehead atoms. The monoisotopic (exact) mass is 380 g/mol. The number of hydrogen-bond donors (Lipinski definition) is 0. The molecule has 0 N–H and O–H groups in total. The van der Waals surface area contributed by atoms with Crippen LogP contribution in [0, 0.1) is 0 Å². The number of amides is 1. The minimum Gasteiger partial charge on any atom is -0.375 e. The Bertz CT molecular complexity index is 835. The van der Waals surface area contributed by atoms with Crippen molar-refractivity contribution in [3.8, 4) is 0 Å². The molecule has 2 aromatic carbocycles. The van der Waals surface area contributed by atoms with Gasteiger partial charge in [0.15, 0.2) is 5.13 Å². The number of alkyl halides is 2. The predicted molar refractivity (Wildman–Crippen MR) is 96.9 cm³/mol. The molecule has 0 aliphatic rings. The van der Waals surface area contributed by atoms with Crippen LogP contribution >= 0.6 is 23.1 Å². The number of para-hydroxylation sites is 1. The lowest BCUT2D eigenvalue weighted by Gasteiger charge is -2.19. The number of anilines is 2. The van der Waals surface area contributed by atoms with E-state index in [1.807, 2.05) is 24.3 Å². The van der Waals surface area contributed by atoms with E-state index >= 15 is 0 Å². The number of thiazole rings is 1. The quantitative estimate of drug-likeness (QED) is 0.569. The van der Waals surface area contributed by atoms with Gasteiger partial charge in [-0.3, -0.25) is 9.69 Å². The fraction of sp³-hybridized carbons (Fsp3) is 0.176. The average Bonchev–Trinajstić information content (AvgIpc) is 3.00. The van der Waals surface area contributed by atoms with E-state index < -0.39 is 5.76 Å². The van der Waals surface area contributed by atoms with Gasteiger partial charge in [0.1, 0.15) is 6.61 Å². The van der Waals surface area contributed by atoms with Crippen LogP contribution in [0.3, 0.4) is 0 Å². The molecule has 25 heavy (non-hydrogen) atoms. The van der Waals surface area contributed by atoms with E-state index in [1.165, 1.54) is 23.3 Å². The summed E-state index contributed by atoms with van der Waals surface area (Å²) in [5.74, 6) is -2.77. The zero-order valence-electron chi connectivity index (χ0n) is 13.2. The van der Waals surface area contributed by atoms with E-state index in [0.717, 1.165) is 10.2 Å². The van der Waals surface area contributed by atoms with Crippen LogP contribution < -0.4 is 4.90 Å².